The number of aromatic nitrogens is 5. The molecule has 0 N–H and O–H groups in total. The molecular formula is C54H85N5OSW3. The molecule has 0 saturated carbocycles. The number of nitrogens with zero attached hydrogens (tertiary/aromatic N) is 5. The Hall–Kier alpha value is -1.39. The maximum Gasteiger partial charge on any atom is 2.00 e. The Labute approximate surface area is 439 Å². The first-order valence-electron chi connectivity index (χ1n) is 22.0. The molecule has 2 aromatic carbocycles. The van der Waals surface area contributed by atoms with Crippen molar-refractivity contribution >= 4 is 43.8 Å². The maximum atomic E-state index is 5.29. The van der Waals surface area contributed by atoms with Crippen molar-refractivity contribution in [2.45, 2.75) is 200 Å². The summed E-state index contributed by atoms with van der Waals surface area (Å²) >= 11 is 1.69. The van der Waals surface area contributed by atoms with Crippen LogP contribution in [0, 0.1) is 115 Å². The van der Waals surface area contributed by atoms with Crippen molar-refractivity contribution in [2.75, 3.05) is 0 Å². The van der Waals surface area contributed by atoms with E-state index in [1.54, 1.807) is 11.3 Å². The molecule has 0 aliphatic heterocycles. The van der Waals surface area contributed by atoms with Gasteiger partial charge < -0.3 is 36.8 Å². The predicted octanol–water partition coefficient (Wildman–Crippen LogP) is 16.3. The largest absolute Gasteiger partial charge is 2.00 e. The van der Waals surface area contributed by atoms with Crippen molar-refractivity contribution in [3.8, 4) is 0 Å². The topological polar surface area (TPSA) is 61.7 Å². The first kappa shape index (κ1) is 66.9. The summed E-state index contributed by atoms with van der Waals surface area (Å²) in [7, 11) is 0. The van der Waals surface area contributed by atoms with Gasteiger partial charge in [0.15, 0.2) is 0 Å². The summed E-state index contributed by atoms with van der Waals surface area (Å²) in [4.78, 5) is 15.8. The van der Waals surface area contributed by atoms with Crippen molar-refractivity contribution in [1.29, 1.82) is 0 Å². The number of benzene rings is 2. The fourth-order valence-electron chi connectivity index (χ4n) is 6.54. The number of rotatable bonds is 3. The minimum Gasteiger partial charge on any atom is -0.572 e. The molecule has 64 heavy (non-hydrogen) atoms. The molecule has 0 bridgehead atoms. The summed E-state index contributed by atoms with van der Waals surface area (Å²) in [5.74, 6) is 5.04. The van der Waals surface area contributed by atoms with Crippen LogP contribution in [0.4, 0.5) is 0 Å². The molecule has 0 aliphatic carbocycles. The second-order valence-electron chi connectivity index (χ2n) is 21.4. The van der Waals surface area contributed by atoms with E-state index in [9.17, 15) is 0 Å². The molecule has 6 rings (SSSR count). The second-order valence-corrected chi connectivity index (χ2v) is 22.6. The van der Waals surface area contributed by atoms with E-state index < -0.39 is 0 Å². The van der Waals surface area contributed by atoms with Crippen LogP contribution in [0.1, 0.15) is 173 Å². The van der Waals surface area contributed by atoms with Crippen LogP contribution in [-0.4, -0.2) is 24.1 Å². The van der Waals surface area contributed by atoms with Crippen LogP contribution in [0.15, 0.2) is 4.42 Å². The van der Waals surface area contributed by atoms with Gasteiger partial charge in [0.1, 0.15) is 6.39 Å². The van der Waals surface area contributed by atoms with Crippen molar-refractivity contribution in [3.63, 3.8) is 0 Å². The fourth-order valence-corrected chi connectivity index (χ4v) is 7.46. The van der Waals surface area contributed by atoms with Gasteiger partial charge in [0.05, 0.1) is 11.6 Å². The van der Waals surface area contributed by atoms with Gasteiger partial charge in [0.2, 0.25) is 0 Å². The molecule has 0 fully saturated rings. The average molecular weight is 1400 g/mol. The molecule has 4 aromatic heterocycles. The van der Waals surface area contributed by atoms with E-state index in [-0.39, 0.29) is 79.4 Å². The van der Waals surface area contributed by atoms with Gasteiger partial charge >= 0.3 is 63.2 Å². The number of aryl methyl sites for hydroxylation is 9. The molecule has 6 nitrogen and oxygen atoms in total. The summed E-state index contributed by atoms with van der Waals surface area (Å²) in [6.07, 6.45) is 5.59. The Morgan fingerprint density at radius 2 is 0.969 bits per heavy atom. The van der Waals surface area contributed by atoms with Gasteiger partial charge in [-0.1, -0.05) is 109 Å². The van der Waals surface area contributed by atoms with E-state index in [4.69, 9.17) is 14.4 Å². The zero-order valence-corrected chi connectivity index (χ0v) is 54.6. The monoisotopic (exact) mass is 1400 g/mol. The fraction of sp³-hybridized carbons (Fsp3) is 0.593. The number of oxazole rings is 1. The average Bonchev–Trinajstić information content (AvgIpc) is 3.81. The Kier molecular flexibility index (Phi) is 30.1. The van der Waals surface area contributed by atoms with Crippen LogP contribution in [0.2, 0.25) is 0 Å². The molecule has 356 valence electrons. The van der Waals surface area contributed by atoms with Crippen molar-refractivity contribution in [2.24, 2.45) is 16.2 Å². The van der Waals surface area contributed by atoms with Gasteiger partial charge in [-0.3, -0.25) is 9.97 Å². The number of fused-ring (bicyclic) bond motifs is 3. The van der Waals surface area contributed by atoms with Gasteiger partial charge in [-0.05, 0) is 70.4 Å². The van der Waals surface area contributed by atoms with Gasteiger partial charge in [0, 0.05) is 23.5 Å². The number of hydrogen-bond acceptors (Lipinski definition) is 5. The van der Waals surface area contributed by atoms with Crippen LogP contribution in [-0.2, 0) is 82.7 Å². The van der Waals surface area contributed by atoms with E-state index in [1.807, 2.05) is 20.3 Å². The smallest absolute Gasteiger partial charge is 0.572 e. The first-order chi connectivity index (χ1) is 27.8. The molecule has 0 atom stereocenters. The van der Waals surface area contributed by atoms with E-state index in [0.29, 0.717) is 0 Å². The minimum atomic E-state index is 0. The molecule has 6 aromatic rings. The first-order valence-corrected chi connectivity index (χ1v) is 22.8. The number of thiophene rings is 1. The minimum absolute atomic E-state index is 0. The van der Waals surface area contributed by atoms with Gasteiger partial charge in [-0.25, -0.2) is 0 Å². The zero-order valence-electron chi connectivity index (χ0n) is 45.0. The molecule has 10 heteroatoms. The van der Waals surface area contributed by atoms with Crippen LogP contribution in [0.25, 0.3) is 32.5 Å². The normalized spacial score (nSPS) is 11.1. The Balaban J connectivity index is -0.000000768. The van der Waals surface area contributed by atoms with E-state index >= 15 is 0 Å². The zero-order chi connectivity index (χ0) is 47.5. The Morgan fingerprint density at radius 1 is 0.578 bits per heavy atom. The summed E-state index contributed by atoms with van der Waals surface area (Å²) in [5.41, 5.74) is 15.2. The number of hydrogen-bond donors (Lipinski definition) is 0. The SMILES string of the molecule is C[C-](C)C.C[C-](C)C.C[CH-]C.Cc1[c-]c(C)c2c(nc(C)n2CC(C)(C)C)c1C.Cc1[c-]c(C)c2nc(C)n(CC(C)(C)C)c2c1C.Cc1sc2n[c-]oc2c1CC(C)(C)C.[W+2].[W+2].[W+2]. The van der Waals surface area contributed by atoms with E-state index in [1.165, 1.54) is 61.1 Å². The summed E-state index contributed by atoms with van der Waals surface area (Å²) < 4.78 is 9.99. The molecule has 0 aliphatic rings. The third-order valence-electron chi connectivity index (χ3n) is 9.02. The third kappa shape index (κ3) is 21.7. The molecule has 0 radical (unpaired) electrons. The predicted molar refractivity (Wildman–Crippen MR) is 269 cm³/mol. The second kappa shape index (κ2) is 28.8. The molecule has 0 spiro atoms. The Bertz CT molecular complexity index is 2260. The molecular weight excluding hydrogens is 1320 g/mol. The van der Waals surface area contributed by atoms with Crippen LogP contribution in [0.3, 0.4) is 0 Å². The molecule has 4 heterocycles. The van der Waals surface area contributed by atoms with Gasteiger partial charge in [0.25, 0.3) is 0 Å². The molecule has 0 amide bonds. The molecule has 0 saturated heterocycles. The van der Waals surface area contributed by atoms with Crippen LogP contribution in [0.5, 0.6) is 0 Å². The Morgan fingerprint density at radius 3 is 1.39 bits per heavy atom. The number of imidazole rings is 2. The summed E-state index contributed by atoms with van der Waals surface area (Å²) in [6.45, 7) is 57.9. The maximum absolute atomic E-state index is 5.29. The summed E-state index contributed by atoms with van der Waals surface area (Å²) in [5, 5.41) is 0. The van der Waals surface area contributed by atoms with Crippen molar-refractivity contribution in [3.05, 3.63) is 92.3 Å². The van der Waals surface area contributed by atoms with Crippen molar-refractivity contribution in [1.82, 2.24) is 24.1 Å². The van der Waals surface area contributed by atoms with Gasteiger partial charge in [-0.2, -0.15) is 90.0 Å². The molecule has 0 unspecified atom stereocenters. The van der Waals surface area contributed by atoms with Crippen LogP contribution < -0.4 is 0 Å². The third-order valence-corrected chi connectivity index (χ3v) is 10.0. The van der Waals surface area contributed by atoms with Crippen molar-refractivity contribution < 1.29 is 67.6 Å². The van der Waals surface area contributed by atoms with Gasteiger partial charge in [-0.15, -0.1) is 22.3 Å². The van der Waals surface area contributed by atoms with E-state index in [2.05, 4.69) is 199 Å². The van der Waals surface area contributed by atoms with Crippen LogP contribution >= 0.6 is 11.3 Å². The van der Waals surface area contributed by atoms with E-state index in [0.717, 1.165) is 58.2 Å². The quantitative estimate of drug-likeness (QED) is 0.166. The standard InChI is InChI=1S/2C16H23N2.C11H14NOS.2C4H9.C3H7.3W/c1-10-8-11(2)15-14(12(10)3)17-13(4)18(15)9-16(5,6)7;1-10-8-11(2)14-15(12(10)3)18(13(4)17-14)9-16(5,6)7;1-7-8(5-11(2,3)4)9-10(14-7)12-6-13-9;2*1-4(2)3;1-3-2;;;/h2*9H2,1-7H3;5H2,1-4H3;2*1-3H3;3H,1-2H3;;;/q6*-1;3*+2. The summed E-state index contributed by atoms with van der Waals surface area (Å²) in [6, 6.07) is 6.87.